The molecule has 1 saturated heterocycles. The molecule has 0 unspecified atom stereocenters. The first-order chi connectivity index (χ1) is 12.5. The van der Waals surface area contributed by atoms with E-state index in [1.54, 1.807) is 0 Å². The van der Waals surface area contributed by atoms with Gasteiger partial charge in [0, 0.05) is 32.3 Å². The van der Waals surface area contributed by atoms with Crippen LogP contribution in [0.15, 0.2) is 23.0 Å². The molecule has 5 heteroatoms. The number of hydrogen-bond acceptors (Lipinski definition) is 3. The van der Waals surface area contributed by atoms with Gasteiger partial charge in [0.05, 0.1) is 16.6 Å². The largest absolute Gasteiger partial charge is 0.379 e. The smallest absolute Gasteiger partial charge is 0.326 e. The average molecular weight is 357 g/mol. The molecule has 0 amide bonds. The van der Waals surface area contributed by atoms with Crippen LogP contribution in [0, 0.1) is 6.92 Å². The van der Waals surface area contributed by atoms with Gasteiger partial charge in [0.15, 0.2) is 0 Å². The van der Waals surface area contributed by atoms with Crippen LogP contribution in [0.2, 0.25) is 0 Å². The third-order valence-electron chi connectivity index (χ3n) is 6.76. The van der Waals surface area contributed by atoms with Crippen LogP contribution in [0.4, 0.5) is 0 Å². The highest BCUT2D eigenvalue weighted by Gasteiger charge is 2.35. The number of nitrogens with one attached hydrogen (secondary N) is 1. The Balaban J connectivity index is 1.44. The SMILES string of the molecule is COC1(C)CCC(N2CCC(n3c(=O)[nH]c4ccc(C)cc43)CC2)CC1. The maximum atomic E-state index is 12.5. The third kappa shape index (κ3) is 3.23. The normalized spacial score (nSPS) is 28.7. The van der Waals surface area contributed by atoms with Gasteiger partial charge < -0.3 is 14.6 Å². The third-order valence-corrected chi connectivity index (χ3v) is 6.76. The number of aromatic amines is 1. The molecule has 0 spiro atoms. The summed E-state index contributed by atoms with van der Waals surface area (Å²) in [6.45, 7) is 6.50. The summed E-state index contributed by atoms with van der Waals surface area (Å²) >= 11 is 0. The van der Waals surface area contributed by atoms with E-state index in [2.05, 4.69) is 35.9 Å². The van der Waals surface area contributed by atoms with Crippen LogP contribution in [-0.4, -0.2) is 46.3 Å². The lowest BCUT2D eigenvalue weighted by molar-refractivity contribution is -0.0444. The van der Waals surface area contributed by atoms with Crippen LogP contribution < -0.4 is 5.69 Å². The number of H-pyrrole nitrogens is 1. The molecule has 2 heterocycles. The number of piperidine rings is 1. The quantitative estimate of drug-likeness (QED) is 0.913. The number of likely N-dealkylation sites (tertiary alicyclic amines) is 1. The molecule has 0 radical (unpaired) electrons. The molecule has 26 heavy (non-hydrogen) atoms. The molecule has 1 N–H and O–H groups in total. The van der Waals surface area contributed by atoms with Crippen molar-refractivity contribution in [3.63, 3.8) is 0 Å². The van der Waals surface area contributed by atoms with Crippen LogP contribution >= 0.6 is 0 Å². The number of rotatable bonds is 3. The Morgan fingerprint density at radius 3 is 2.46 bits per heavy atom. The van der Waals surface area contributed by atoms with Crippen LogP contribution in [0.1, 0.15) is 57.1 Å². The van der Waals surface area contributed by atoms with Crippen molar-refractivity contribution in [3.05, 3.63) is 34.2 Å². The summed E-state index contributed by atoms with van der Waals surface area (Å²) in [5.74, 6) is 0. The molecule has 1 aromatic heterocycles. The van der Waals surface area contributed by atoms with E-state index in [-0.39, 0.29) is 11.3 Å². The van der Waals surface area contributed by atoms with Gasteiger partial charge in [0.25, 0.3) is 0 Å². The Morgan fingerprint density at radius 1 is 1.12 bits per heavy atom. The topological polar surface area (TPSA) is 50.3 Å². The number of methoxy groups -OCH3 is 1. The predicted octanol–water partition coefficient (Wildman–Crippen LogP) is 3.62. The average Bonchev–Trinajstić information content (AvgIpc) is 2.97. The van der Waals surface area contributed by atoms with Gasteiger partial charge in [-0.2, -0.15) is 0 Å². The van der Waals surface area contributed by atoms with Crippen LogP contribution in [0.25, 0.3) is 11.0 Å². The fourth-order valence-electron chi connectivity index (χ4n) is 4.89. The molecule has 1 aliphatic heterocycles. The maximum absolute atomic E-state index is 12.5. The van der Waals surface area contributed by atoms with E-state index in [0.717, 1.165) is 49.8 Å². The van der Waals surface area contributed by atoms with Crippen molar-refractivity contribution in [3.8, 4) is 0 Å². The van der Waals surface area contributed by atoms with Gasteiger partial charge in [0.1, 0.15) is 0 Å². The van der Waals surface area contributed by atoms with Gasteiger partial charge in [-0.05, 0) is 70.1 Å². The van der Waals surface area contributed by atoms with Crippen molar-refractivity contribution in [2.24, 2.45) is 0 Å². The molecule has 142 valence electrons. The minimum Gasteiger partial charge on any atom is -0.379 e. The summed E-state index contributed by atoms with van der Waals surface area (Å²) in [6, 6.07) is 7.20. The van der Waals surface area contributed by atoms with Crippen molar-refractivity contribution in [2.75, 3.05) is 20.2 Å². The lowest BCUT2D eigenvalue weighted by Gasteiger charge is -2.43. The Morgan fingerprint density at radius 2 is 1.81 bits per heavy atom. The van der Waals surface area contributed by atoms with E-state index in [4.69, 9.17) is 4.74 Å². The molecule has 2 fully saturated rings. The first-order valence-electron chi connectivity index (χ1n) is 9.99. The second kappa shape index (κ2) is 6.86. The monoisotopic (exact) mass is 357 g/mol. The predicted molar refractivity (Wildman–Crippen MR) is 105 cm³/mol. The molecule has 1 saturated carbocycles. The number of nitrogens with zero attached hydrogens (tertiary/aromatic N) is 2. The number of ether oxygens (including phenoxy) is 1. The Hall–Kier alpha value is -1.59. The Kier molecular flexibility index (Phi) is 4.70. The molecule has 5 nitrogen and oxygen atoms in total. The molecule has 1 aromatic carbocycles. The van der Waals surface area contributed by atoms with Gasteiger partial charge in [-0.25, -0.2) is 4.79 Å². The number of imidazole rings is 1. The van der Waals surface area contributed by atoms with Crippen LogP contribution in [0.3, 0.4) is 0 Å². The summed E-state index contributed by atoms with van der Waals surface area (Å²) < 4.78 is 7.69. The molecule has 1 aliphatic carbocycles. The van der Waals surface area contributed by atoms with Crippen molar-refractivity contribution in [2.45, 2.75) is 70.1 Å². The highest BCUT2D eigenvalue weighted by Crippen LogP contribution is 2.35. The van der Waals surface area contributed by atoms with Gasteiger partial charge in [-0.1, -0.05) is 6.07 Å². The van der Waals surface area contributed by atoms with Crippen LogP contribution in [-0.2, 0) is 4.74 Å². The first kappa shape index (κ1) is 17.8. The van der Waals surface area contributed by atoms with Gasteiger partial charge in [0.2, 0.25) is 0 Å². The summed E-state index contributed by atoms with van der Waals surface area (Å²) in [7, 11) is 1.84. The molecule has 2 aromatic rings. The van der Waals surface area contributed by atoms with Crippen molar-refractivity contribution in [1.82, 2.24) is 14.5 Å². The molecular formula is C21H31N3O2. The number of hydrogen-bond donors (Lipinski definition) is 1. The van der Waals surface area contributed by atoms with E-state index in [1.807, 2.05) is 17.7 Å². The lowest BCUT2D eigenvalue weighted by atomic mass is 9.82. The number of fused-ring (bicyclic) bond motifs is 1. The molecule has 2 aliphatic rings. The molecule has 0 bridgehead atoms. The molecule has 4 rings (SSSR count). The fraction of sp³-hybridized carbons (Fsp3) is 0.667. The summed E-state index contributed by atoms with van der Waals surface area (Å²) in [5, 5.41) is 0. The first-order valence-corrected chi connectivity index (χ1v) is 9.99. The zero-order chi connectivity index (χ0) is 18.3. The molecule has 0 atom stereocenters. The number of aromatic nitrogens is 2. The summed E-state index contributed by atoms with van der Waals surface area (Å²) in [6.07, 6.45) is 6.85. The van der Waals surface area contributed by atoms with E-state index in [1.165, 1.54) is 18.4 Å². The Labute approximate surface area is 155 Å². The van der Waals surface area contributed by atoms with E-state index in [9.17, 15) is 4.79 Å². The van der Waals surface area contributed by atoms with Crippen molar-refractivity contribution in [1.29, 1.82) is 0 Å². The van der Waals surface area contributed by atoms with E-state index in [0.29, 0.717) is 12.1 Å². The zero-order valence-corrected chi connectivity index (χ0v) is 16.3. The highest BCUT2D eigenvalue weighted by atomic mass is 16.5. The van der Waals surface area contributed by atoms with E-state index < -0.39 is 0 Å². The lowest BCUT2D eigenvalue weighted by Crippen LogP contribution is -2.47. The van der Waals surface area contributed by atoms with Crippen LogP contribution in [0.5, 0.6) is 0 Å². The van der Waals surface area contributed by atoms with Gasteiger partial charge in [-0.15, -0.1) is 0 Å². The number of aryl methyl sites for hydroxylation is 1. The van der Waals surface area contributed by atoms with Gasteiger partial charge >= 0.3 is 5.69 Å². The minimum absolute atomic E-state index is 0.0394. The van der Waals surface area contributed by atoms with Crippen molar-refractivity contribution < 1.29 is 4.74 Å². The number of benzene rings is 1. The maximum Gasteiger partial charge on any atom is 0.326 e. The van der Waals surface area contributed by atoms with Gasteiger partial charge in [-0.3, -0.25) is 4.57 Å². The second-order valence-corrected chi connectivity index (χ2v) is 8.47. The van der Waals surface area contributed by atoms with Crippen molar-refractivity contribution >= 4 is 11.0 Å². The zero-order valence-electron chi connectivity index (χ0n) is 16.3. The highest BCUT2D eigenvalue weighted by molar-refractivity contribution is 5.76. The Bertz CT molecular complexity index is 821. The summed E-state index contributed by atoms with van der Waals surface area (Å²) in [4.78, 5) is 18.2. The standard InChI is InChI=1S/C21H31N3O2/c1-15-4-5-18-19(14-15)24(20(25)22-18)17-8-12-23(13-9-17)16-6-10-21(2,26-3)11-7-16/h4-5,14,16-17H,6-13H2,1-3H3,(H,22,25). The van der Waals surface area contributed by atoms with E-state index >= 15 is 0 Å². The minimum atomic E-state index is 0.0394. The molecular weight excluding hydrogens is 326 g/mol. The fourth-order valence-corrected chi connectivity index (χ4v) is 4.89. The second-order valence-electron chi connectivity index (χ2n) is 8.47. The summed E-state index contributed by atoms with van der Waals surface area (Å²) in [5.41, 5.74) is 3.32.